The lowest BCUT2D eigenvalue weighted by Gasteiger charge is -2.29. The van der Waals surface area contributed by atoms with E-state index in [-0.39, 0.29) is 17.9 Å². The van der Waals surface area contributed by atoms with Crippen LogP contribution in [-0.4, -0.2) is 19.3 Å². The van der Waals surface area contributed by atoms with E-state index < -0.39 is 11.6 Å². The number of ether oxygens (including phenoxy) is 2. The Morgan fingerprint density at radius 2 is 1.56 bits per heavy atom. The Bertz CT molecular complexity index is 1100. The lowest BCUT2D eigenvalue weighted by Crippen LogP contribution is -2.24. The van der Waals surface area contributed by atoms with Crippen LogP contribution in [0.3, 0.4) is 0 Å². The normalized spacial score (nSPS) is 18.4. The third kappa shape index (κ3) is 5.56. The zero-order valence-corrected chi connectivity index (χ0v) is 19.9. The highest BCUT2D eigenvalue weighted by Gasteiger charge is 2.22. The molecule has 0 aliphatic carbocycles. The topological polar surface area (TPSA) is 18.5 Å². The standard InChI is InChI=1S/C30H32F2O2/c1-3-5-6-7-26-17-16-25(20-34-26)23-10-8-21(9-11-23)22-12-14-24(15-13-22)27-18-19-28(33-4-2)30(32)29(27)31/h3,5,8-15,18-19,25-26H,4,6-7,16-17,20H2,1-2H3/b5-3+. The molecule has 2 unspecified atom stereocenters. The Morgan fingerprint density at radius 3 is 2.18 bits per heavy atom. The number of benzene rings is 3. The van der Waals surface area contributed by atoms with Gasteiger partial charge in [-0.25, -0.2) is 4.39 Å². The quantitative estimate of drug-likeness (QED) is 0.313. The molecule has 0 amide bonds. The number of allylic oxidation sites excluding steroid dienone is 2. The van der Waals surface area contributed by atoms with Gasteiger partial charge in [-0.2, -0.15) is 4.39 Å². The minimum Gasteiger partial charge on any atom is -0.491 e. The molecule has 2 nitrogen and oxygen atoms in total. The van der Waals surface area contributed by atoms with Gasteiger partial charge in [-0.1, -0.05) is 60.7 Å². The zero-order valence-electron chi connectivity index (χ0n) is 19.9. The fourth-order valence-corrected chi connectivity index (χ4v) is 4.56. The van der Waals surface area contributed by atoms with Crippen LogP contribution in [0.15, 0.2) is 72.8 Å². The van der Waals surface area contributed by atoms with Crippen molar-refractivity contribution < 1.29 is 18.3 Å². The molecule has 1 heterocycles. The summed E-state index contributed by atoms with van der Waals surface area (Å²) >= 11 is 0. The summed E-state index contributed by atoms with van der Waals surface area (Å²) in [6.45, 7) is 4.86. The molecule has 0 radical (unpaired) electrons. The van der Waals surface area contributed by atoms with Gasteiger partial charge in [0.15, 0.2) is 11.6 Å². The Labute approximate surface area is 201 Å². The van der Waals surface area contributed by atoms with Gasteiger partial charge >= 0.3 is 0 Å². The van der Waals surface area contributed by atoms with Gasteiger partial charge in [0.25, 0.3) is 0 Å². The van der Waals surface area contributed by atoms with Crippen molar-refractivity contribution in [2.75, 3.05) is 13.2 Å². The van der Waals surface area contributed by atoms with Crippen molar-refractivity contribution >= 4 is 0 Å². The second-order valence-corrected chi connectivity index (χ2v) is 8.75. The van der Waals surface area contributed by atoms with Crippen molar-refractivity contribution in [2.24, 2.45) is 0 Å². The van der Waals surface area contributed by atoms with Crippen molar-refractivity contribution in [3.05, 3.63) is 90.0 Å². The van der Waals surface area contributed by atoms with Crippen molar-refractivity contribution in [1.82, 2.24) is 0 Å². The van der Waals surface area contributed by atoms with Gasteiger partial charge in [0.2, 0.25) is 5.82 Å². The van der Waals surface area contributed by atoms with E-state index in [1.807, 2.05) is 24.3 Å². The maximum Gasteiger partial charge on any atom is 0.201 e. The monoisotopic (exact) mass is 462 g/mol. The predicted molar refractivity (Wildman–Crippen MR) is 134 cm³/mol. The molecule has 34 heavy (non-hydrogen) atoms. The van der Waals surface area contributed by atoms with Crippen LogP contribution in [0.1, 0.15) is 51.0 Å². The van der Waals surface area contributed by atoms with Crippen molar-refractivity contribution in [1.29, 1.82) is 0 Å². The summed E-state index contributed by atoms with van der Waals surface area (Å²) in [5.41, 5.74) is 4.28. The highest BCUT2D eigenvalue weighted by molar-refractivity contribution is 5.71. The van der Waals surface area contributed by atoms with Crippen LogP contribution in [0, 0.1) is 11.6 Å². The van der Waals surface area contributed by atoms with Crippen molar-refractivity contribution in [3.8, 4) is 28.0 Å². The van der Waals surface area contributed by atoms with Gasteiger partial charge in [0, 0.05) is 11.5 Å². The maximum absolute atomic E-state index is 14.5. The Morgan fingerprint density at radius 1 is 0.882 bits per heavy atom. The molecule has 1 aliphatic heterocycles. The molecule has 1 saturated heterocycles. The van der Waals surface area contributed by atoms with Crippen LogP contribution in [-0.2, 0) is 4.74 Å². The predicted octanol–water partition coefficient (Wildman–Crippen LogP) is 8.32. The summed E-state index contributed by atoms with van der Waals surface area (Å²) < 4.78 is 40.0. The van der Waals surface area contributed by atoms with Gasteiger partial charge in [-0.3, -0.25) is 0 Å². The van der Waals surface area contributed by atoms with E-state index >= 15 is 0 Å². The van der Waals surface area contributed by atoms with Gasteiger partial charge in [0.1, 0.15) is 0 Å². The second-order valence-electron chi connectivity index (χ2n) is 8.75. The summed E-state index contributed by atoms with van der Waals surface area (Å²) in [5.74, 6) is -1.46. The van der Waals surface area contributed by atoms with Crippen LogP contribution in [0.4, 0.5) is 8.78 Å². The first-order valence-electron chi connectivity index (χ1n) is 12.1. The number of hydrogen-bond donors (Lipinski definition) is 0. The van der Waals surface area contributed by atoms with E-state index in [1.54, 1.807) is 13.0 Å². The van der Waals surface area contributed by atoms with E-state index in [2.05, 4.69) is 43.3 Å². The number of rotatable bonds is 8. The summed E-state index contributed by atoms with van der Waals surface area (Å²) in [4.78, 5) is 0. The lowest BCUT2D eigenvalue weighted by molar-refractivity contribution is -0.000184. The Hall–Kier alpha value is -2.98. The molecule has 2 atom stereocenters. The average molecular weight is 463 g/mol. The summed E-state index contributed by atoms with van der Waals surface area (Å²) in [7, 11) is 0. The second kappa shape index (κ2) is 11.4. The van der Waals surface area contributed by atoms with Crippen LogP contribution < -0.4 is 4.74 Å². The Balaban J connectivity index is 1.41. The fourth-order valence-electron chi connectivity index (χ4n) is 4.56. The van der Waals surface area contributed by atoms with Gasteiger partial charge in [-0.15, -0.1) is 0 Å². The molecule has 0 bridgehead atoms. The molecule has 0 saturated carbocycles. The first-order valence-corrected chi connectivity index (χ1v) is 12.1. The van der Waals surface area contributed by atoms with E-state index in [9.17, 15) is 8.78 Å². The average Bonchev–Trinajstić information content (AvgIpc) is 2.88. The first kappa shape index (κ1) is 24.2. The minimum absolute atomic E-state index is 0.0620. The zero-order chi connectivity index (χ0) is 23.9. The molecular weight excluding hydrogens is 430 g/mol. The number of hydrogen-bond acceptors (Lipinski definition) is 2. The minimum atomic E-state index is -0.949. The maximum atomic E-state index is 14.5. The van der Waals surface area contributed by atoms with Crippen LogP contribution in [0.2, 0.25) is 0 Å². The molecular formula is C30H32F2O2. The Kier molecular flexibility index (Phi) is 8.12. The van der Waals surface area contributed by atoms with Gasteiger partial charge in [-0.05, 0) is 73.9 Å². The van der Waals surface area contributed by atoms with Gasteiger partial charge in [0.05, 0.1) is 19.3 Å². The summed E-state index contributed by atoms with van der Waals surface area (Å²) in [6, 6.07) is 19.2. The van der Waals surface area contributed by atoms with E-state index in [0.29, 0.717) is 17.6 Å². The molecule has 178 valence electrons. The molecule has 3 aromatic rings. The molecule has 0 N–H and O–H groups in total. The highest BCUT2D eigenvalue weighted by atomic mass is 19.2. The van der Waals surface area contributed by atoms with Crippen molar-refractivity contribution in [3.63, 3.8) is 0 Å². The first-order chi connectivity index (χ1) is 16.6. The SMILES string of the molecule is C/C=C/CCC1CCC(c2ccc(-c3ccc(-c4ccc(OCC)c(F)c4F)cc3)cc2)CO1. The van der Waals surface area contributed by atoms with Crippen LogP contribution >= 0.6 is 0 Å². The lowest BCUT2D eigenvalue weighted by atomic mass is 9.89. The van der Waals surface area contributed by atoms with Crippen LogP contribution in [0.5, 0.6) is 5.75 Å². The van der Waals surface area contributed by atoms with E-state index in [0.717, 1.165) is 43.4 Å². The van der Waals surface area contributed by atoms with Crippen LogP contribution in [0.25, 0.3) is 22.3 Å². The largest absolute Gasteiger partial charge is 0.491 e. The number of halogens is 2. The van der Waals surface area contributed by atoms with E-state index in [1.165, 1.54) is 11.6 Å². The molecule has 1 aliphatic rings. The third-order valence-electron chi connectivity index (χ3n) is 6.52. The summed E-state index contributed by atoms with van der Waals surface area (Å²) in [6.07, 6.45) is 9.11. The molecule has 1 fully saturated rings. The molecule has 0 aromatic heterocycles. The fraction of sp³-hybridized carbons (Fsp3) is 0.333. The summed E-state index contributed by atoms with van der Waals surface area (Å²) in [5, 5.41) is 0. The molecule has 4 heteroatoms. The molecule has 3 aromatic carbocycles. The van der Waals surface area contributed by atoms with Crippen molar-refractivity contribution in [2.45, 2.75) is 51.6 Å². The smallest absolute Gasteiger partial charge is 0.201 e. The third-order valence-corrected chi connectivity index (χ3v) is 6.52. The van der Waals surface area contributed by atoms with Gasteiger partial charge < -0.3 is 9.47 Å². The molecule has 4 rings (SSSR count). The highest BCUT2D eigenvalue weighted by Crippen LogP contribution is 2.33. The molecule has 0 spiro atoms. The van der Waals surface area contributed by atoms with E-state index in [4.69, 9.17) is 9.47 Å².